The molecule has 1 amide bonds. The average Bonchev–Trinajstić information content (AvgIpc) is 3.62. The summed E-state index contributed by atoms with van der Waals surface area (Å²) in [5.74, 6) is 0.197. The van der Waals surface area contributed by atoms with E-state index >= 15 is 0 Å². The van der Waals surface area contributed by atoms with Gasteiger partial charge >= 0.3 is 0 Å². The maximum atomic E-state index is 13.7. The van der Waals surface area contributed by atoms with Gasteiger partial charge < -0.3 is 5.32 Å². The molecule has 154 valence electrons. The van der Waals surface area contributed by atoms with Gasteiger partial charge in [-0.2, -0.15) is 0 Å². The van der Waals surface area contributed by atoms with Crippen LogP contribution in [0.15, 0.2) is 59.4 Å². The first-order valence-corrected chi connectivity index (χ1v) is 11.1. The predicted octanol–water partition coefficient (Wildman–Crippen LogP) is 4.46. The molecule has 0 spiro atoms. The summed E-state index contributed by atoms with van der Waals surface area (Å²) < 4.78 is 1.72. The molecule has 2 aliphatic rings. The molecule has 3 aromatic rings. The third-order valence-corrected chi connectivity index (χ3v) is 6.41. The standard InChI is InChI=1S/C25H27N3O2/c29-24(26-19-11-5-2-6-12-19)23(18-15-16-18)28-21-14-8-7-13-20(21)27-22(25(28)30)17-9-3-1-4-10-17/h1,3-4,7-10,13-14,18-19,23H,2,5-6,11-12,15-16H2,(H,26,29). The Morgan fingerprint density at radius 3 is 2.37 bits per heavy atom. The maximum absolute atomic E-state index is 13.7. The molecule has 2 saturated carbocycles. The lowest BCUT2D eigenvalue weighted by Crippen LogP contribution is -2.44. The van der Waals surface area contributed by atoms with E-state index in [1.54, 1.807) is 4.57 Å². The number of hydrogen-bond acceptors (Lipinski definition) is 3. The maximum Gasteiger partial charge on any atom is 0.278 e. The SMILES string of the molecule is O=C(NC1CCCCC1)C(C1CC1)n1c(=O)c(-c2ccccc2)nc2ccccc21. The Balaban J connectivity index is 1.62. The molecule has 0 bridgehead atoms. The fourth-order valence-electron chi connectivity index (χ4n) is 4.70. The number of rotatable bonds is 5. The highest BCUT2D eigenvalue weighted by Gasteiger charge is 2.40. The summed E-state index contributed by atoms with van der Waals surface area (Å²) in [7, 11) is 0. The summed E-state index contributed by atoms with van der Waals surface area (Å²) >= 11 is 0. The molecule has 1 atom stereocenters. The van der Waals surface area contributed by atoms with Crippen molar-refractivity contribution in [3.63, 3.8) is 0 Å². The monoisotopic (exact) mass is 401 g/mol. The van der Waals surface area contributed by atoms with Gasteiger partial charge in [0.05, 0.1) is 11.0 Å². The number of amides is 1. The molecule has 0 saturated heterocycles. The molecule has 2 aliphatic carbocycles. The zero-order chi connectivity index (χ0) is 20.5. The van der Waals surface area contributed by atoms with E-state index in [9.17, 15) is 9.59 Å². The van der Waals surface area contributed by atoms with Crippen molar-refractivity contribution in [1.29, 1.82) is 0 Å². The van der Waals surface area contributed by atoms with Crippen LogP contribution in [0, 0.1) is 5.92 Å². The Morgan fingerprint density at radius 1 is 0.933 bits per heavy atom. The van der Waals surface area contributed by atoms with Crippen molar-refractivity contribution in [3.8, 4) is 11.3 Å². The van der Waals surface area contributed by atoms with E-state index in [1.807, 2.05) is 54.6 Å². The number of aromatic nitrogens is 2. The van der Waals surface area contributed by atoms with Gasteiger partial charge in [0.15, 0.2) is 0 Å². The summed E-state index contributed by atoms with van der Waals surface area (Å²) in [5, 5.41) is 3.27. The first kappa shape index (κ1) is 19.0. The van der Waals surface area contributed by atoms with Crippen LogP contribution in [0.3, 0.4) is 0 Å². The van der Waals surface area contributed by atoms with E-state index in [0.29, 0.717) is 5.69 Å². The van der Waals surface area contributed by atoms with Crippen molar-refractivity contribution in [1.82, 2.24) is 14.9 Å². The molecule has 5 heteroatoms. The van der Waals surface area contributed by atoms with Crippen molar-refractivity contribution < 1.29 is 4.79 Å². The molecule has 1 N–H and O–H groups in total. The number of carbonyl (C=O) groups is 1. The number of hydrogen-bond donors (Lipinski definition) is 1. The quantitative estimate of drug-likeness (QED) is 0.686. The molecule has 0 aliphatic heterocycles. The molecule has 2 aromatic carbocycles. The smallest absolute Gasteiger partial charge is 0.278 e. The van der Waals surface area contributed by atoms with Crippen LogP contribution >= 0.6 is 0 Å². The highest BCUT2D eigenvalue weighted by molar-refractivity contribution is 5.85. The number of benzene rings is 2. The third kappa shape index (κ3) is 3.64. The van der Waals surface area contributed by atoms with Gasteiger partial charge in [0.25, 0.3) is 5.56 Å². The van der Waals surface area contributed by atoms with Gasteiger partial charge in [-0.05, 0) is 43.7 Å². The lowest BCUT2D eigenvalue weighted by molar-refractivity contribution is -0.125. The number of para-hydroxylation sites is 2. The van der Waals surface area contributed by atoms with Crippen LogP contribution in [0.2, 0.25) is 0 Å². The molecule has 2 fully saturated rings. The van der Waals surface area contributed by atoms with Crippen LogP contribution < -0.4 is 10.9 Å². The number of nitrogens with zero attached hydrogens (tertiary/aromatic N) is 2. The Hall–Kier alpha value is -2.95. The van der Waals surface area contributed by atoms with Crippen LogP contribution in [0.4, 0.5) is 0 Å². The minimum absolute atomic E-state index is 0.0122. The number of nitrogens with one attached hydrogen (secondary N) is 1. The number of carbonyl (C=O) groups excluding carboxylic acids is 1. The molecule has 5 rings (SSSR count). The van der Waals surface area contributed by atoms with Crippen LogP contribution in [0.1, 0.15) is 51.0 Å². The lowest BCUT2D eigenvalue weighted by atomic mass is 9.95. The van der Waals surface area contributed by atoms with Crippen LogP contribution in [0.25, 0.3) is 22.3 Å². The van der Waals surface area contributed by atoms with Crippen LogP contribution in [-0.2, 0) is 4.79 Å². The van der Waals surface area contributed by atoms with E-state index in [2.05, 4.69) is 10.3 Å². The summed E-state index contributed by atoms with van der Waals surface area (Å²) in [6.07, 6.45) is 7.59. The van der Waals surface area contributed by atoms with Gasteiger partial charge in [0.1, 0.15) is 11.7 Å². The fourth-order valence-corrected chi connectivity index (χ4v) is 4.70. The molecule has 1 heterocycles. The summed E-state index contributed by atoms with van der Waals surface area (Å²) in [5.41, 5.74) is 2.48. The van der Waals surface area contributed by atoms with Gasteiger partial charge in [-0.1, -0.05) is 61.7 Å². The Morgan fingerprint density at radius 2 is 1.63 bits per heavy atom. The fraction of sp³-hybridized carbons (Fsp3) is 0.400. The van der Waals surface area contributed by atoms with Gasteiger partial charge in [0, 0.05) is 11.6 Å². The Kier molecular flexibility index (Phi) is 5.11. The second kappa shape index (κ2) is 8.05. The molecular formula is C25H27N3O2. The largest absolute Gasteiger partial charge is 0.352 e. The lowest BCUT2D eigenvalue weighted by Gasteiger charge is -2.27. The second-order valence-electron chi connectivity index (χ2n) is 8.62. The van der Waals surface area contributed by atoms with Crippen molar-refractivity contribution in [3.05, 3.63) is 65.0 Å². The van der Waals surface area contributed by atoms with E-state index in [-0.39, 0.29) is 23.4 Å². The first-order valence-electron chi connectivity index (χ1n) is 11.1. The minimum Gasteiger partial charge on any atom is -0.352 e. The Labute approximate surface area is 176 Å². The van der Waals surface area contributed by atoms with Gasteiger partial charge in [0.2, 0.25) is 5.91 Å². The molecule has 1 aromatic heterocycles. The molecule has 1 unspecified atom stereocenters. The van der Waals surface area contributed by atoms with Crippen molar-refractivity contribution in [2.45, 2.75) is 57.0 Å². The molecular weight excluding hydrogens is 374 g/mol. The van der Waals surface area contributed by atoms with Crippen LogP contribution in [-0.4, -0.2) is 21.5 Å². The van der Waals surface area contributed by atoms with Crippen molar-refractivity contribution in [2.75, 3.05) is 0 Å². The topological polar surface area (TPSA) is 64.0 Å². The summed E-state index contributed by atoms with van der Waals surface area (Å²) in [4.78, 5) is 31.8. The van der Waals surface area contributed by atoms with E-state index in [1.165, 1.54) is 6.42 Å². The van der Waals surface area contributed by atoms with E-state index in [4.69, 9.17) is 0 Å². The average molecular weight is 402 g/mol. The molecule has 5 nitrogen and oxygen atoms in total. The third-order valence-electron chi connectivity index (χ3n) is 6.41. The normalized spacial score (nSPS) is 18.3. The van der Waals surface area contributed by atoms with E-state index in [0.717, 1.165) is 55.1 Å². The van der Waals surface area contributed by atoms with Crippen LogP contribution in [0.5, 0.6) is 0 Å². The molecule has 0 radical (unpaired) electrons. The van der Waals surface area contributed by atoms with E-state index < -0.39 is 6.04 Å². The summed E-state index contributed by atoms with van der Waals surface area (Å²) in [6, 6.07) is 16.9. The highest BCUT2D eigenvalue weighted by Crippen LogP contribution is 2.41. The van der Waals surface area contributed by atoms with Crippen molar-refractivity contribution >= 4 is 16.9 Å². The van der Waals surface area contributed by atoms with Gasteiger partial charge in [-0.25, -0.2) is 4.98 Å². The zero-order valence-corrected chi connectivity index (χ0v) is 17.1. The first-order chi connectivity index (χ1) is 14.7. The minimum atomic E-state index is -0.477. The highest BCUT2D eigenvalue weighted by atomic mass is 16.2. The summed E-state index contributed by atoms with van der Waals surface area (Å²) in [6.45, 7) is 0. The second-order valence-corrected chi connectivity index (χ2v) is 8.62. The van der Waals surface area contributed by atoms with Crippen molar-refractivity contribution in [2.24, 2.45) is 5.92 Å². The number of fused-ring (bicyclic) bond motifs is 1. The van der Waals surface area contributed by atoms with Gasteiger partial charge in [-0.3, -0.25) is 14.2 Å². The Bertz CT molecular complexity index is 1110. The predicted molar refractivity (Wildman–Crippen MR) is 118 cm³/mol. The van der Waals surface area contributed by atoms with Gasteiger partial charge in [-0.15, -0.1) is 0 Å². The zero-order valence-electron chi connectivity index (χ0n) is 17.1. The molecule has 30 heavy (non-hydrogen) atoms.